The molecular weight excluding hydrogens is 450 g/mol. The maximum Gasteiger partial charge on any atom is 0.337 e. The molecule has 0 amide bonds. The van der Waals surface area contributed by atoms with Crippen LogP contribution in [0.2, 0.25) is 0 Å². The average Bonchev–Trinajstić information content (AvgIpc) is 2.64. The van der Waals surface area contributed by atoms with Crippen molar-refractivity contribution in [2.45, 2.75) is 59.6 Å². The minimum Gasteiger partial charge on any atom is -0.460 e. The Morgan fingerprint density at radius 3 is 2.24 bits per heavy atom. The van der Waals surface area contributed by atoms with Crippen LogP contribution in [0.4, 0.5) is 5.69 Å². The van der Waals surface area contributed by atoms with E-state index in [1.165, 1.54) is 18.2 Å². The Labute approximate surface area is 193 Å². The topological polar surface area (TPSA) is 145 Å². The molecular formula is C22H29N3O7S. The van der Waals surface area contributed by atoms with E-state index >= 15 is 0 Å². The van der Waals surface area contributed by atoms with Crippen molar-refractivity contribution >= 4 is 27.5 Å². The largest absolute Gasteiger partial charge is 0.460 e. The molecule has 1 aromatic rings. The normalized spacial score (nSPS) is 16.8. The van der Waals surface area contributed by atoms with Gasteiger partial charge in [-0.2, -0.15) is 0 Å². The molecule has 0 aromatic heterocycles. The Balaban J connectivity index is 2.72. The molecule has 1 unspecified atom stereocenters. The summed E-state index contributed by atoms with van der Waals surface area (Å²) in [4.78, 5) is 37.5. The lowest BCUT2D eigenvalue weighted by Gasteiger charge is -2.31. The minimum absolute atomic E-state index is 0.0150. The Morgan fingerprint density at radius 1 is 1.12 bits per heavy atom. The number of nitrogens with zero attached hydrogens (tertiary/aromatic N) is 1. The lowest BCUT2D eigenvalue weighted by molar-refractivity contribution is -0.385. The average molecular weight is 480 g/mol. The van der Waals surface area contributed by atoms with Crippen LogP contribution in [0, 0.1) is 10.1 Å². The van der Waals surface area contributed by atoms with Crippen LogP contribution in [0.1, 0.15) is 53.0 Å². The van der Waals surface area contributed by atoms with Gasteiger partial charge in [0.15, 0.2) is 5.78 Å². The van der Waals surface area contributed by atoms with Crippen molar-refractivity contribution in [2.24, 2.45) is 0 Å². The van der Waals surface area contributed by atoms with Gasteiger partial charge in [0.1, 0.15) is 5.75 Å². The maximum absolute atomic E-state index is 13.3. The second-order valence-electron chi connectivity index (χ2n) is 8.36. The molecule has 0 saturated heterocycles. The van der Waals surface area contributed by atoms with Crippen molar-refractivity contribution in [1.82, 2.24) is 10.0 Å². The van der Waals surface area contributed by atoms with Crippen molar-refractivity contribution < 1.29 is 27.7 Å². The summed E-state index contributed by atoms with van der Waals surface area (Å²) in [6.45, 7) is 9.71. The molecule has 1 aliphatic heterocycles. The third kappa shape index (κ3) is 6.26. The lowest BCUT2D eigenvalue weighted by atomic mass is 9.78. The van der Waals surface area contributed by atoms with Crippen molar-refractivity contribution in [3.05, 3.63) is 62.5 Å². The highest BCUT2D eigenvalue weighted by Crippen LogP contribution is 2.42. The number of allylic oxidation sites excluding steroid dienone is 3. The van der Waals surface area contributed by atoms with Gasteiger partial charge in [-0.3, -0.25) is 14.9 Å². The van der Waals surface area contributed by atoms with Gasteiger partial charge in [-0.05, 0) is 41.5 Å². The molecule has 1 aliphatic rings. The van der Waals surface area contributed by atoms with Crippen LogP contribution >= 0.6 is 0 Å². The second-order valence-corrected chi connectivity index (χ2v) is 10.1. The molecule has 1 heterocycles. The number of carbonyl (C=O) groups is 2. The maximum atomic E-state index is 13.3. The smallest absolute Gasteiger partial charge is 0.337 e. The van der Waals surface area contributed by atoms with Gasteiger partial charge >= 0.3 is 5.97 Å². The van der Waals surface area contributed by atoms with Gasteiger partial charge in [0, 0.05) is 34.6 Å². The summed E-state index contributed by atoms with van der Waals surface area (Å²) in [5, 5.41) is 14.7. The Hall–Kier alpha value is -3.05. The van der Waals surface area contributed by atoms with E-state index < -0.39 is 50.5 Å². The fourth-order valence-electron chi connectivity index (χ4n) is 3.77. The van der Waals surface area contributed by atoms with Crippen LogP contribution in [0.5, 0.6) is 0 Å². The first kappa shape index (κ1) is 26.2. The SMILES string of the molecule is CC1=C(C(=O)CS(=O)(=O)NC(C)C)C(c2ccccc2[N+](=O)[O-])C(C(=O)OC(C)C)=C(C)N1. The third-order valence-electron chi connectivity index (χ3n) is 4.80. The summed E-state index contributed by atoms with van der Waals surface area (Å²) >= 11 is 0. The highest BCUT2D eigenvalue weighted by molar-refractivity contribution is 7.90. The van der Waals surface area contributed by atoms with Gasteiger partial charge < -0.3 is 10.1 Å². The first-order valence-corrected chi connectivity index (χ1v) is 12.1. The van der Waals surface area contributed by atoms with Crippen LogP contribution in [0.25, 0.3) is 0 Å². The van der Waals surface area contributed by atoms with Crippen molar-refractivity contribution in [3.63, 3.8) is 0 Å². The zero-order valence-electron chi connectivity index (χ0n) is 19.5. The zero-order chi connectivity index (χ0) is 25.1. The van der Waals surface area contributed by atoms with E-state index in [-0.39, 0.29) is 22.4 Å². The lowest BCUT2D eigenvalue weighted by Crippen LogP contribution is -2.38. The second kappa shape index (κ2) is 10.3. The molecule has 0 radical (unpaired) electrons. The van der Waals surface area contributed by atoms with Crippen molar-refractivity contribution in [2.75, 3.05) is 5.75 Å². The number of ketones is 1. The first-order chi connectivity index (χ1) is 15.2. The van der Waals surface area contributed by atoms with E-state index in [2.05, 4.69) is 10.0 Å². The molecule has 33 heavy (non-hydrogen) atoms. The molecule has 0 saturated carbocycles. The number of benzene rings is 1. The summed E-state index contributed by atoms with van der Waals surface area (Å²) in [5.41, 5.74) is 0.438. The predicted molar refractivity (Wildman–Crippen MR) is 123 cm³/mol. The number of ether oxygens (including phenoxy) is 1. The molecule has 11 heteroatoms. The van der Waals surface area contributed by atoms with Gasteiger partial charge in [0.05, 0.1) is 22.5 Å². The number of sulfonamides is 1. The Kier molecular flexibility index (Phi) is 8.15. The standard InChI is InChI=1S/C22H29N3O7S/c1-12(2)24-33(30,31)11-18(26)19-14(5)23-15(6)20(22(27)32-13(3)4)21(19)16-9-7-8-10-17(16)25(28)29/h7-10,12-13,21,23-24H,11H2,1-6H3. The summed E-state index contributed by atoms with van der Waals surface area (Å²) in [7, 11) is -3.98. The highest BCUT2D eigenvalue weighted by Gasteiger charge is 2.41. The van der Waals surface area contributed by atoms with Crippen LogP contribution in [0.3, 0.4) is 0 Å². The number of nitro benzene ring substituents is 1. The summed E-state index contributed by atoms with van der Waals surface area (Å²) in [5.74, 6) is -3.58. The van der Waals surface area contributed by atoms with Gasteiger partial charge in [-0.15, -0.1) is 0 Å². The number of rotatable bonds is 9. The molecule has 0 fully saturated rings. The fourth-order valence-corrected chi connectivity index (χ4v) is 5.07. The third-order valence-corrected chi connectivity index (χ3v) is 6.28. The van der Waals surface area contributed by atoms with Crippen molar-refractivity contribution in [1.29, 1.82) is 0 Å². The number of esters is 1. The quantitative estimate of drug-likeness (QED) is 0.312. The number of nitrogens with one attached hydrogen (secondary N) is 2. The van der Waals surface area contributed by atoms with Crippen molar-refractivity contribution in [3.8, 4) is 0 Å². The number of para-hydroxylation sites is 1. The molecule has 1 atom stereocenters. The Morgan fingerprint density at radius 2 is 1.70 bits per heavy atom. The zero-order valence-corrected chi connectivity index (χ0v) is 20.3. The number of nitro groups is 1. The van der Waals surface area contributed by atoms with Gasteiger partial charge in [0.2, 0.25) is 10.0 Å². The monoisotopic (exact) mass is 479 g/mol. The highest BCUT2D eigenvalue weighted by atomic mass is 32.2. The van der Waals surface area contributed by atoms with E-state index in [9.17, 15) is 28.1 Å². The molecule has 10 nitrogen and oxygen atoms in total. The van der Waals surface area contributed by atoms with Crippen LogP contribution in [-0.4, -0.2) is 43.0 Å². The first-order valence-electron chi connectivity index (χ1n) is 10.4. The fraction of sp³-hybridized carbons (Fsp3) is 0.455. The molecule has 1 aromatic carbocycles. The number of Topliss-reactive ketones (excluding diaryl/α,β-unsaturated/α-hetero) is 1. The van der Waals surface area contributed by atoms with E-state index in [0.29, 0.717) is 11.4 Å². The number of hydrogen-bond donors (Lipinski definition) is 2. The van der Waals surface area contributed by atoms with Gasteiger partial charge in [0.25, 0.3) is 5.69 Å². The molecule has 2 N–H and O–H groups in total. The number of dihydropyridines is 1. The predicted octanol–water partition coefficient (Wildman–Crippen LogP) is 2.68. The van der Waals surface area contributed by atoms with Gasteiger partial charge in [-0.25, -0.2) is 17.9 Å². The number of carbonyl (C=O) groups excluding carboxylic acids is 2. The molecule has 0 aliphatic carbocycles. The van der Waals surface area contributed by atoms with E-state index in [1.807, 2.05) is 0 Å². The summed E-state index contributed by atoms with van der Waals surface area (Å²) < 4.78 is 32.6. The van der Waals surface area contributed by atoms with Crippen LogP contribution in [0.15, 0.2) is 46.8 Å². The molecule has 0 bridgehead atoms. The molecule has 180 valence electrons. The van der Waals surface area contributed by atoms with Crippen LogP contribution < -0.4 is 10.0 Å². The van der Waals surface area contributed by atoms with Crippen LogP contribution in [-0.2, 0) is 24.3 Å². The summed E-state index contributed by atoms with van der Waals surface area (Å²) in [6, 6.07) is 5.32. The van der Waals surface area contributed by atoms with E-state index in [0.717, 1.165) is 0 Å². The minimum atomic E-state index is -3.98. The molecule has 2 rings (SSSR count). The summed E-state index contributed by atoms with van der Waals surface area (Å²) in [6.07, 6.45) is -0.481. The molecule has 0 spiro atoms. The Bertz CT molecular complexity index is 1130. The van der Waals surface area contributed by atoms with E-state index in [1.54, 1.807) is 47.6 Å². The van der Waals surface area contributed by atoms with Gasteiger partial charge in [-0.1, -0.05) is 18.2 Å². The number of hydrogen-bond acceptors (Lipinski definition) is 8. The van der Waals surface area contributed by atoms with E-state index in [4.69, 9.17) is 4.74 Å².